The van der Waals surface area contributed by atoms with Crippen molar-refractivity contribution in [3.8, 4) is 0 Å². The first kappa shape index (κ1) is 8.65. The Balaban J connectivity index is 3.10. The SMILES string of the molecule is C=CCc1ccc(F)cc1C=O. The maximum atomic E-state index is 12.6. The molecule has 1 aromatic rings. The van der Waals surface area contributed by atoms with E-state index >= 15 is 0 Å². The van der Waals surface area contributed by atoms with Gasteiger partial charge in [0.2, 0.25) is 0 Å². The molecule has 0 spiro atoms. The summed E-state index contributed by atoms with van der Waals surface area (Å²) in [7, 11) is 0. The second-order valence-corrected chi connectivity index (χ2v) is 2.45. The van der Waals surface area contributed by atoms with Gasteiger partial charge in [0.15, 0.2) is 0 Å². The van der Waals surface area contributed by atoms with Crippen molar-refractivity contribution in [1.82, 2.24) is 0 Å². The summed E-state index contributed by atoms with van der Waals surface area (Å²) in [6.45, 7) is 3.54. The number of halogens is 1. The van der Waals surface area contributed by atoms with Gasteiger partial charge in [-0.2, -0.15) is 0 Å². The smallest absolute Gasteiger partial charge is 0.150 e. The number of hydrogen-bond acceptors (Lipinski definition) is 1. The summed E-state index contributed by atoms with van der Waals surface area (Å²) in [5, 5.41) is 0. The Kier molecular flexibility index (Phi) is 2.75. The van der Waals surface area contributed by atoms with Gasteiger partial charge in [-0.1, -0.05) is 12.1 Å². The molecule has 0 fully saturated rings. The van der Waals surface area contributed by atoms with Gasteiger partial charge >= 0.3 is 0 Å². The zero-order chi connectivity index (χ0) is 8.97. The van der Waals surface area contributed by atoms with Crippen molar-refractivity contribution in [3.05, 3.63) is 47.8 Å². The highest BCUT2D eigenvalue weighted by molar-refractivity contribution is 5.77. The Morgan fingerprint density at radius 2 is 2.25 bits per heavy atom. The number of carbonyl (C=O) groups excluding carboxylic acids is 1. The Bertz CT molecular complexity index is 305. The molecule has 1 nitrogen and oxygen atoms in total. The third-order valence-electron chi connectivity index (χ3n) is 1.60. The fraction of sp³-hybridized carbons (Fsp3) is 0.100. The molecule has 0 aromatic heterocycles. The molecule has 0 radical (unpaired) electrons. The zero-order valence-corrected chi connectivity index (χ0v) is 6.59. The van der Waals surface area contributed by atoms with Crippen LogP contribution in [0.3, 0.4) is 0 Å². The van der Waals surface area contributed by atoms with Crippen LogP contribution in [0.25, 0.3) is 0 Å². The van der Waals surface area contributed by atoms with Gasteiger partial charge in [-0.25, -0.2) is 4.39 Å². The Labute approximate surface area is 70.5 Å². The second kappa shape index (κ2) is 3.81. The number of hydrogen-bond donors (Lipinski definition) is 0. The average Bonchev–Trinajstić information content (AvgIpc) is 2.08. The minimum atomic E-state index is -0.384. The Morgan fingerprint density at radius 3 is 2.83 bits per heavy atom. The number of benzene rings is 1. The first-order chi connectivity index (χ1) is 5.77. The highest BCUT2D eigenvalue weighted by Crippen LogP contribution is 2.09. The third kappa shape index (κ3) is 1.78. The lowest BCUT2D eigenvalue weighted by Gasteiger charge is -2.00. The van der Waals surface area contributed by atoms with E-state index in [9.17, 15) is 9.18 Å². The van der Waals surface area contributed by atoms with E-state index in [1.165, 1.54) is 12.1 Å². The number of allylic oxidation sites excluding steroid dienone is 1. The molecule has 0 saturated heterocycles. The molecule has 0 heterocycles. The predicted molar refractivity (Wildman–Crippen MR) is 45.7 cm³/mol. The predicted octanol–water partition coefficient (Wildman–Crippen LogP) is 2.37. The van der Waals surface area contributed by atoms with Crippen LogP contribution >= 0.6 is 0 Å². The van der Waals surface area contributed by atoms with Crippen LogP contribution in [-0.4, -0.2) is 6.29 Å². The highest BCUT2D eigenvalue weighted by atomic mass is 19.1. The molecule has 0 bridgehead atoms. The van der Waals surface area contributed by atoms with E-state index in [-0.39, 0.29) is 5.82 Å². The van der Waals surface area contributed by atoms with Crippen LogP contribution in [0.15, 0.2) is 30.9 Å². The van der Waals surface area contributed by atoms with Crippen molar-refractivity contribution >= 4 is 6.29 Å². The van der Waals surface area contributed by atoms with Crippen LogP contribution in [0.4, 0.5) is 4.39 Å². The van der Waals surface area contributed by atoms with Crippen LogP contribution in [0.2, 0.25) is 0 Å². The molecular formula is C10H9FO. The lowest BCUT2D eigenvalue weighted by Crippen LogP contribution is -1.91. The van der Waals surface area contributed by atoms with Crippen LogP contribution in [0.1, 0.15) is 15.9 Å². The summed E-state index contributed by atoms with van der Waals surface area (Å²) < 4.78 is 12.6. The first-order valence-corrected chi connectivity index (χ1v) is 3.62. The van der Waals surface area contributed by atoms with Crippen molar-refractivity contribution in [3.63, 3.8) is 0 Å². The molecule has 0 aliphatic carbocycles. The van der Waals surface area contributed by atoms with Gasteiger partial charge in [-0.3, -0.25) is 4.79 Å². The molecule has 0 saturated carbocycles. The van der Waals surface area contributed by atoms with E-state index < -0.39 is 0 Å². The average molecular weight is 164 g/mol. The fourth-order valence-electron chi connectivity index (χ4n) is 1.02. The number of aldehydes is 1. The largest absolute Gasteiger partial charge is 0.298 e. The van der Waals surface area contributed by atoms with E-state index in [1.807, 2.05) is 0 Å². The van der Waals surface area contributed by atoms with Crippen LogP contribution < -0.4 is 0 Å². The minimum Gasteiger partial charge on any atom is -0.298 e. The second-order valence-electron chi connectivity index (χ2n) is 2.45. The lowest BCUT2D eigenvalue weighted by molar-refractivity contribution is 0.112. The first-order valence-electron chi connectivity index (χ1n) is 3.62. The van der Waals surface area contributed by atoms with Gasteiger partial charge in [0.05, 0.1) is 0 Å². The molecule has 62 valence electrons. The maximum Gasteiger partial charge on any atom is 0.150 e. The molecule has 0 atom stereocenters. The molecule has 1 aromatic carbocycles. The van der Waals surface area contributed by atoms with E-state index in [0.29, 0.717) is 18.3 Å². The standard InChI is InChI=1S/C10H9FO/c1-2-3-8-4-5-10(11)6-9(8)7-12/h2,4-7H,1,3H2. The zero-order valence-electron chi connectivity index (χ0n) is 6.59. The van der Waals surface area contributed by atoms with Gasteiger partial charge in [0.25, 0.3) is 0 Å². The lowest BCUT2D eigenvalue weighted by atomic mass is 10.1. The van der Waals surface area contributed by atoms with Crippen LogP contribution in [-0.2, 0) is 6.42 Å². The quantitative estimate of drug-likeness (QED) is 0.495. The van der Waals surface area contributed by atoms with Gasteiger partial charge in [-0.05, 0) is 24.1 Å². The summed E-state index contributed by atoms with van der Waals surface area (Å²) in [4.78, 5) is 10.5. The molecule has 0 unspecified atom stereocenters. The molecule has 0 aliphatic heterocycles. The molecule has 12 heavy (non-hydrogen) atoms. The summed E-state index contributed by atoms with van der Waals surface area (Å²) in [6, 6.07) is 4.17. The van der Waals surface area contributed by atoms with Crippen LogP contribution in [0, 0.1) is 5.82 Å². The normalized spacial score (nSPS) is 9.42. The molecule has 1 rings (SSSR count). The number of carbonyl (C=O) groups is 1. The third-order valence-corrected chi connectivity index (χ3v) is 1.60. The highest BCUT2D eigenvalue weighted by Gasteiger charge is 2.00. The van der Waals surface area contributed by atoms with Gasteiger partial charge < -0.3 is 0 Å². The maximum absolute atomic E-state index is 12.6. The molecule has 0 aliphatic rings. The van der Waals surface area contributed by atoms with Crippen LogP contribution in [0.5, 0.6) is 0 Å². The topological polar surface area (TPSA) is 17.1 Å². The van der Waals surface area contributed by atoms with Crippen molar-refractivity contribution in [2.45, 2.75) is 6.42 Å². The summed E-state index contributed by atoms with van der Waals surface area (Å²) >= 11 is 0. The van der Waals surface area contributed by atoms with Gasteiger partial charge in [0, 0.05) is 5.56 Å². The van der Waals surface area contributed by atoms with E-state index in [2.05, 4.69) is 6.58 Å². The Morgan fingerprint density at radius 1 is 1.50 bits per heavy atom. The summed E-state index contributed by atoms with van der Waals surface area (Å²) in [6.07, 6.45) is 2.93. The van der Waals surface area contributed by atoms with E-state index in [4.69, 9.17) is 0 Å². The van der Waals surface area contributed by atoms with Crippen molar-refractivity contribution in [2.75, 3.05) is 0 Å². The van der Waals surface area contributed by atoms with E-state index in [1.54, 1.807) is 12.1 Å². The number of rotatable bonds is 3. The molecule has 0 N–H and O–H groups in total. The fourth-order valence-corrected chi connectivity index (χ4v) is 1.02. The monoisotopic (exact) mass is 164 g/mol. The van der Waals surface area contributed by atoms with Crippen molar-refractivity contribution < 1.29 is 9.18 Å². The van der Waals surface area contributed by atoms with Gasteiger partial charge in [-0.15, -0.1) is 6.58 Å². The summed E-state index contributed by atoms with van der Waals surface area (Å²) in [5.74, 6) is -0.384. The molecule has 0 amide bonds. The van der Waals surface area contributed by atoms with E-state index in [0.717, 1.165) is 5.56 Å². The Hall–Kier alpha value is -1.44. The molecule has 2 heteroatoms. The van der Waals surface area contributed by atoms with Crippen molar-refractivity contribution in [2.24, 2.45) is 0 Å². The summed E-state index contributed by atoms with van der Waals surface area (Å²) in [5.41, 5.74) is 1.20. The molecular weight excluding hydrogens is 155 g/mol. The van der Waals surface area contributed by atoms with Crippen molar-refractivity contribution in [1.29, 1.82) is 0 Å². The minimum absolute atomic E-state index is 0.384. The van der Waals surface area contributed by atoms with Gasteiger partial charge in [0.1, 0.15) is 12.1 Å².